The summed E-state index contributed by atoms with van der Waals surface area (Å²) in [5.41, 5.74) is 2.44. The van der Waals surface area contributed by atoms with Crippen molar-refractivity contribution in [3.05, 3.63) is 87.6 Å². The summed E-state index contributed by atoms with van der Waals surface area (Å²) in [7, 11) is 0. The van der Waals surface area contributed by atoms with E-state index in [9.17, 15) is 19.3 Å². The average molecular weight is 366 g/mol. The van der Waals surface area contributed by atoms with Crippen LogP contribution in [-0.2, 0) is 6.54 Å². The highest BCUT2D eigenvalue weighted by Gasteiger charge is 2.15. The zero-order valence-electron chi connectivity index (χ0n) is 14.3. The van der Waals surface area contributed by atoms with Crippen LogP contribution in [0.1, 0.15) is 21.6 Å². The van der Waals surface area contributed by atoms with E-state index in [-0.39, 0.29) is 23.6 Å². The molecular weight excluding hydrogens is 351 g/mol. The summed E-state index contributed by atoms with van der Waals surface area (Å²) in [6, 6.07) is 11.9. The molecule has 1 aromatic heterocycles. The second kappa shape index (κ2) is 7.69. The molecule has 2 aromatic carbocycles. The Morgan fingerprint density at radius 3 is 2.59 bits per heavy atom. The number of rotatable bonds is 5. The fraction of sp³-hybridized carbons (Fsp3) is 0.105. The molecule has 0 fully saturated rings. The number of halogens is 1. The first-order valence-electron chi connectivity index (χ1n) is 8.04. The minimum atomic E-state index is -0.522. The zero-order chi connectivity index (χ0) is 19.4. The van der Waals surface area contributed by atoms with Gasteiger partial charge in [0.05, 0.1) is 22.9 Å². The predicted molar refractivity (Wildman–Crippen MR) is 96.4 cm³/mol. The number of nitro benzene ring substituents is 1. The number of carbonyl (C=O) groups is 1. The Morgan fingerprint density at radius 1 is 1.15 bits per heavy atom. The molecule has 7 nitrogen and oxygen atoms in total. The summed E-state index contributed by atoms with van der Waals surface area (Å²) in [5, 5.41) is 13.7. The quantitative estimate of drug-likeness (QED) is 0.551. The Balaban J connectivity index is 1.72. The molecule has 0 saturated carbocycles. The number of nitro groups is 1. The largest absolute Gasteiger partial charge is 0.346 e. The van der Waals surface area contributed by atoms with Crippen molar-refractivity contribution in [3.63, 3.8) is 0 Å². The Kier molecular flexibility index (Phi) is 5.16. The van der Waals surface area contributed by atoms with Gasteiger partial charge in [0.1, 0.15) is 12.1 Å². The van der Waals surface area contributed by atoms with Crippen molar-refractivity contribution in [2.45, 2.75) is 13.5 Å². The molecule has 0 atom stereocenters. The summed E-state index contributed by atoms with van der Waals surface area (Å²) in [5.74, 6) is -0.785. The predicted octanol–water partition coefficient (Wildman–Crippen LogP) is 3.43. The number of benzene rings is 2. The molecule has 3 aromatic rings. The van der Waals surface area contributed by atoms with E-state index in [0.717, 1.165) is 5.56 Å². The third-order valence-electron chi connectivity index (χ3n) is 3.96. The highest BCUT2D eigenvalue weighted by Crippen LogP contribution is 2.20. The maximum atomic E-state index is 13.0. The maximum Gasteiger partial charge on any atom is 0.273 e. The van der Waals surface area contributed by atoms with E-state index in [0.29, 0.717) is 17.0 Å². The number of carbonyl (C=O) groups excluding carboxylic acids is 1. The van der Waals surface area contributed by atoms with Crippen LogP contribution in [0.2, 0.25) is 0 Å². The highest BCUT2D eigenvalue weighted by molar-refractivity contribution is 5.94. The fourth-order valence-electron chi connectivity index (χ4n) is 2.49. The molecule has 0 radical (unpaired) electrons. The Bertz CT molecular complexity index is 1010. The van der Waals surface area contributed by atoms with Gasteiger partial charge in [-0.1, -0.05) is 6.07 Å². The molecular formula is C19H15FN4O3. The molecule has 0 aliphatic heterocycles. The van der Waals surface area contributed by atoms with Gasteiger partial charge in [-0.2, -0.15) is 0 Å². The minimum absolute atomic E-state index is 0.108. The van der Waals surface area contributed by atoms with Crippen molar-refractivity contribution < 1.29 is 14.1 Å². The first-order valence-corrected chi connectivity index (χ1v) is 8.04. The third-order valence-corrected chi connectivity index (χ3v) is 3.96. The van der Waals surface area contributed by atoms with Crippen molar-refractivity contribution in [1.82, 2.24) is 15.3 Å². The smallest absolute Gasteiger partial charge is 0.273 e. The molecule has 136 valence electrons. The van der Waals surface area contributed by atoms with Crippen LogP contribution in [-0.4, -0.2) is 20.8 Å². The van der Waals surface area contributed by atoms with Gasteiger partial charge in [0.15, 0.2) is 0 Å². The first-order chi connectivity index (χ1) is 12.9. The highest BCUT2D eigenvalue weighted by atomic mass is 19.1. The number of amides is 1. The van der Waals surface area contributed by atoms with Gasteiger partial charge in [-0.25, -0.2) is 14.4 Å². The van der Waals surface area contributed by atoms with Crippen LogP contribution >= 0.6 is 0 Å². The van der Waals surface area contributed by atoms with E-state index >= 15 is 0 Å². The van der Waals surface area contributed by atoms with Crippen molar-refractivity contribution in [2.24, 2.45) is 0 Å². The average Bonchev–Trinajstić information content (AvgIpc) is 2.67. The lowest BCUT2D eigenvalue weighted by atomic mass is 10.1. The summed E-state index contributed by atoms with van der Waals surface area (Å²) in [4.78, 5) is 31.0. The van der Waals surface area contributed by atoms with Gasteiger partial charge in [-0.3, -0.25) is 14.9 Å². The molecule has 1 amide bonds. The normalized spacial score (nSPS) is 10.4. The van der Waals surface area contributed by atoms with Gasteiger partial charge in [0, 0.05) is 22.8 Å². The molecule has 0 unspecified atom stereocenters. The van der Waals surface area contributed by atoms with Gasteiger partial charge < -0.3 is 5.32 Å². The van der Waals surface area contributed by atoms with Gasteiger partial charge in [-0.05, 0) is 43.3 Å². The molecule has 8 heteroatoms. The molecule has 0 aliphatic rings. The van der Waals surface area contributed by atoms with Crippen molar-refractivity contribution in [1.29, 1.82) is 0 Å². The first kappa shape index (κ1) is 18.1. The monoisotopic (exact) mass is 366 g/mol. The van der Waals surface area contributed by atoms with Crippen molar-refractivity contribution >= 4 is 11.6 Å². The van der Waals surface area contributed by atoms with Crippen molar-refractivity contribution in [3.8, 4) is 11.3 Å². The Morgan fingerprint density at radius 2 is 1.89 bits per heavy atom. The van der Waals surface area contributed by atoms with E-state index in [2.05, 4.69) is 15.3 Å². The van der Waals surface area contributed by atoms with Gasteiger partial charge in [0.25, 0.3) is 11.6 Å². The topological polar surface area (TPSA) is 98.0 Å². The maximum absolute atomic E-state index is 13.0. The lowest BCUT2D eigenvalue weighted by Crippen LogP contribution is -2.23. The van der Waals surface area contributed by atoms with E-state index in [1.54, 1.807) is 25.1 Å². The number of aryl methyl sites for hydroxylation is 1. The van der Waals surface area contributed by atoms with Crippen LogP contribution in [0.5, 0.6) is 0 Å². The van der Waals surface area contributed by atoms with E-state index < -0.39 is 10.8 Å². The van der Waals surface area contributed by atoms with Gasteiger partial charge in [-0.15, -0.1) is 0 Å². The van der Waals surface area contributed by atoms with Crippen LogP contribution < -0.4 is 5.32 Å². The minimum Gasteiger partial charge on any atom is -0.346 e. The van der Waals surface area contributed by atoms with Gasteiger partial charge >= 0.3 is 0 Å². The molecule has 1 heterocycles. The molecule has 0 bridgehead atoms. The number of nitrogens with zero attached hydrogens (tertiary/aromatic N) is 3. The van der Waals surface area contributed by atoms with Crippen LogP contribution in [0.3, 0.4) is 0 Å². The number of nitrogens with one attached hydrogen (secondary N) is 1. The second-order valence-electron chi connectivity index (χ2n) is 5.84. The van der Waals surface area contributed by atoms with Crippen LogP contribution in [0.15, 0.2) is 54.9 Å². The summed E-state index contributed by atoms with van der Waals surface area (Å²) >= 11 is 0. The van der Waals surface area contributed by atoms with Crippen LogP contribution in [0.4, 0.5) is 10.1 Å². The number of aromatic nitrogens is 2. The molecule has 0 saturated heterocycles. The summed E-state index contributed by atoms with van der Waals surface area (Å²) in [6.07, 6.45) is 1.36. The standard InChI is InChI=1S/C19H15FN4O3/c1-12-2-3-14(8-18(12)24(26)27)19(25)21-10-16-9-17(23-11-22-16)13-4-6-15(20)7-5-13/h2-9,11H,10H2,1H3,(H,21,25). The number of hydrogen-bond acceptors (Lipinski definition) is 5. The molecule has 1 N–H and O–H groups in total. The second-order valence-corrected chi connectivity index (χ2v) is 5.84. The Labute approximate surface area is 154 Å². The van der Waals surface area contributed by atoms with E-state index in [4.69, 9.17) is 0 Å². The van der Waals surface area contributed by atoms with E-state index in [1.807, 2.05) is 0 Å². The number of hydrogen-bond donors (Lipinski definition) is 1. The van der Waals surface area contributed by atoms with Gasteiger partial charge in [0.2, 0.25) is 0 Å². The lowest BCUT2D eigenvalue weighted by molar-refractivity contribution is -0.385. The molecule has 3 rings (SSSR count). The van der Waals surface area contributed by atoms with Crippen LogP contribution in [0, 0.1) is 22.9 Å². The zero-order valence-corrected chi connectivity index (χ0v) is 14.3. The third kappa shape index (κ3) is 4.30. The Hall–Kier alpha value is -3.68. The lowest BCUT2D eigenvalue weighted by Gasteiger charge is -2.07. The van der Waals surface area contributed by atoms with Crippen molar-refractivity contribution in [2.75, 3.05) is 0 Å². The SMILES string of the molecule is Cc1ccc(C(=O)NCc2cc(-c3ccc(F)cc3)ncn2)cc1[N+](=O)[O-]. The summed E-state index contributed by atoms with van der Waals surface area (Å²) in [6.45, 7) is 1.73. The van der Waals surface area contributed by atoms with Crippen LogP contribution in [0.25, 0.3) is 11.3 Å². The fourth-order valence-corrected chi connectivity index (χ4v) is 2.49. The molecule has 0 spiro atoms. The summed E-state index contributed by atoms with van der Waals surface area (Å²) < 4.78 is 13.0. The van der Waals surface area contributed by atoms with E-state index in [1.165, 1.54) is 36.7 Å². The molecule has 27 heavy (non-hydrogen) atoms. The molecule has 0 aliphatic carbocycles.